The van der Waals surface area contributed by atoms with Crippen molar-refractivity contribution in [3.8, 4) is 0 Å². The number of hydrogen-bond acceptors (Lipinski definition) is 0. The Morgan fingerprint density at radius 2 is 1.43 bits per heavy atom. The molecule has 30 heavy (non-hydrogen) atoms. The van der Waals surface area contributed by atoms with E-state index in [0.717, 1.165) is 11.8 Å². The molecule has 0 radical (unpaired) electrons. The predicted molar refractivity (Wildman–Crippen MR) is 138 cm³/mol. The lowest BCUT2D eigenvalue weighted by Crippen LogP contribution is -2.04. The Kier molecular flexibility index (Phi) is 12.1. The summed E-state index contributed by atoms with van der Waals surface area (Å²) in [6.45, 7) is 21.7. The van der Waals surface area contributed by atoms with Gasteiger partial charge in [0.05, 0.1) is 0 Å². The van der Waals surface area contributed by atoms with Crippen LogP contribution in [-0.4, -0.2) is 0 Å². The summed E-state index contributed by atoms with van der Waals surface area (Å²) >= 11 is 0. The Morgan fingerprint density at radius 1 is 0.800 bits per heavy atom. The smallest absolute Gasteiger partial charge is 0.0133 e. The second-order valence-corrected chi connectivity index (χ2v) is 10.1. The van der Waals surface area contributed by atoms with Crippen molar-refractivity contribution in [1.29, 1.82) is 0 Å². The van der Waals surface area contributed by atoms with Gasteiger partial charge in [0.2, 0.25) is 0 Å². The van der Waals surface area contributed by atoms with E-state index in [2.05, 4.69) is 86.3 Å². The van der Waals surface area contributed by atoms with E-state index in [1.54, 1.807) is 22.3 Å². The summed E-state index contributed by atoms with van der Waals surface area (Å²) in [4.78, 5) is 0. The molecule has 168 valence electrons. The fourth-order valence-electron chi connectivity index (χ4n) is 3.94. The zero-order valence-corrected chi connectivity index (χ0v) is 21.3. The maximum Gasteiger partial charge on any atom is -0.0133 e. The first-order valence-corrected chi connectivity index (χ1v) is 12.1. The molecule has 0 saturated heterocycles. The standard InChI is InChI=1S/3C10H16/c3*1-8(2)10-6-4-9(3)5-7-10/h4H,5-7H2,1-3H3;4,7-8H,5-6H2,1-3H3;4,10H,1,5-7H2,2-3H3. The van der Waals surface area contributed by atoms with Crippen LogP contribution in [0.3, 0.4) is 0 Å². The third-order valence-corrected chi connectivity index (χ3v) is 6.67. The summed E-state index contributed by atoms with van der Waals surface area (Å²) in [5, 5.41) is 0. The first kappa shape index (κ1) is 26.5. The Balaban J connectivity index is 0.000000225. The summed E-state index contributed by atoms with van der Waals surface area (Å²) in [6.07, 6.45) is 19.4. The van der Waals surface area contributed by atoms with E-state index in [0.29, 0.717) is 0 Å². The fourth-order valence-corrected chi connectivity index (χ4v) is 3.94. The van der Waals surface area contributed by atoms with E-state index >= 15 is 0 Å². The van der Waals surface area contributed by atoms with Gasteiger partial charge in [-0.2, -0.15) is 0 Å². The Bertz CT molecular complexity index is 711. The van der Waals surface area contributed by atoms with Crippen LogP contribution in [0.5, 0.6) is 0 Å². The van der Waals surface area contributed by atoms with E-state index in [1.165, 1.54) is 68.1 Å². The molecule has 0 aromatic carbocycles. The van der Waals surface area contributed by atoms with Gasteiger partial charge in [-0.1, -0.05) is 83.7 Å². The second kappa shape index (κ2) is 13.7. The van der Waals surface area contributed by atoms with Gasteiger partial charge in [-0.25, -0.2) is 0 Å². The molecular weight excluding hydrogens is 360 g/mol. The van der Waals surface area contributed by atoms with Crippen LogP contribution in [0.2, 0.25) is 0 Å². The molecule has 1 atom stereocenters. The minimum atomic E-state index is 0.740. The highest BCUT2D eigenvalue weighted by Gasteiger charge is 2.12. The summed E-state index contributed by atoms with van der Waals surface area (Å²) < 4.78 is 0. The Morgan fingerprint density at radius 3 is 1.83 bits per heavy atom. The van der Waals surface area contributed by atoms with Crippen molar-refractivity contribution >= 4 is 0 Å². The molecule has 0 heteroatoms. The van der Waals surface area contributed by atoms with Gasteiger partial charge in [0.15, 0.2) is 0 Å². The molecule has 0 spiro atoms. The maximum absolute atomic E-state index is 3.97. The average molecular weight is 409 g/mol. The van der Waals surface area contributed by atoms with Crippen LogP contribution in [0, 0.1) is 11.8 Å². The molecule has 0 bridgehead atoms. The van der Waals surface area contributed by atoms with Crippen LogP contribution in [0.15, 0.2) is 69.9 Å². The van der Waals surface area contributed by atoms with Crippen molar-refractivity contribution in [2.75, 3.05) is 0 Å². The molecule has 0 amide bonds. The molecule has 0 nitrogen and oxygen atoms in total. The molecule has 0 fully saturated rings. The largest absolute Gasteiger partial charge is 0.0998 e. The first-order valence-electron chi connectivity index (χ1n) is 12.1. The zero-order valence-electron chi connectivity index (χ0n) is 21.3. The quantitative estimate of drug-likeness (QED) is 0.399. The zero-order chi connectivity index (χ0) is 22.7. The monoisotopic (exact) mass is 408 g/mol. The van der Waals surface area contributed by atoms with Gasteiger partial charge in [-0.05, 0) is 105 Å². The van der Waals surface area contributed by atoms with Crippen LogP contribution in [0.1, 0.15) is 107 Å². The molecule has 3 aliphatic rings. The van der Waals surface area contributed by atoms with Crippen LogP contribution >= 0.6 is 0 Å². The molecule has 3 rings (SSSR count). The van der Waals surface area contributed by atoms with Crippen molar-refractivity contribution in [1.82, 2.24) is 0 Å². The van der Waals surface area contributed by atoms with E-state index in [-0.39, 0.29) is 0 Å². The minimum Gasteiger partial charge on any atom is -0.0998 e. The first-order chi connectivity index (χ1) is 14.1. The molecule has 0 aromatic rings. The van der Waals surface area contributed by atoms with E-state index in [9.17, 15) is 0 Å². The molecular formula is C30H48. The molecule has 0 N–H and O–H groups in total. The van der Waals surface area contributed by atoms with E-state index in [1.807, 2.05) is 0 Å². The molecule has 0 saturated carbocycles. The average Bonchev–Trinajstić information content (AvgIpc) is 2.70. The van der Waals surface area contributed by atoms with Gasteiger partial charge in [-0.3, -0.25) is 0 Å². The number of rotatable bonds is 2. The van der Waals surface area contributed by atoms with E-state index < -0.39 is 0 Å². The van der Waals surface area contributed by atoms with Crippen LogP contribution in [0.4, 0.5) is 0 Å². The normalized spacial score (nSPS) is 21.1. The summed E-state index contributed by atoms with van der Waals surface area (Å²) in [5.74, 6) is 1.51. The fraction of sp³-hybridized carbons (Fsp3) is 0.600. The highest BCUT2D eigenvalue weighted by atomic mass is 14.2. The third-order valence-electron chi connectivity index (χ3n) is 6.67. The van der Waals surface area contributed by atoms with Crippen molar-refractivity contribution in [2.45, 2.75) is 107 Å². The van der Waals surface area contributed by atoms with Gasteiger partial charge in [0.1, 0.15) is 0 Å². The second-order valence-electron chi connectivity index (χ2n) is 10.1. The van der Waals surface area contributed by atoms with Crippen LogP contribution in [0.25, 0.3) is 0 Å². The number of allylic oxidation sites excluding steroid dienone is 11. The Hall–Kier alpha value is -1.56. The lowest BCUT2D eigenvalue weighted by Gasteiger charge is -2.19. The van der Waals surface area contributed by atoms with Crippen molar-refractivity contribution in [3.05, 3.63) is 69.9 Å². The van der Waals surface area contributed by atoms with Crippen molar-refractivity contribution < 1.29 is 0 Å². The third kappa shape index (κ3) is 10.5. The SMILES string of the molecule is C=C(C)C1CC=C(C)CC1.CC1=CCC(=C(C)C)CC1.CC1=CCC(C(C)C)=CC1. The van der Waals surface area contributed by atoms with E-state index in [4.69, 9.17) is 0 Å². The summed E-state index contributed by atoms with van der Waals surface area (Å²) in [7, 11) is 0. The molecule has 3 aliphatic carbocycles. The molecule has 0 heterocycles. The molecule has 0 aromatic heterocycles. The van der Waals surface area contributed by atoms with Crippen molar-refractivity contribution in [3.63, 3.8) is 0 Å². The van der Waals surface area contributed by atoms with Crippen molar-refractivity contribution in [2.24, 2.45) is 11.8 Å². The Labute approximate surface area is 188 Å². The molecule has 1 unspecified atom stereocenters. The van der Waals surface area contributed by atoms with Gasteiger partial charge >= 0.3 is 0 Å². The minimum absolute atomic E-state index is 0.740. The lowest BCUT2D eigenvalue weighted by atomic mass is 9.86. The van der Waals surface area contributed by atoms with Crippen LogP contribution in [-0.2, 0) is 0 Å². The van der Waals surface area contributed by atoms with Gasteiger partial charge < -0.3 is 0 Å². The van der Waals surface area contributed by atoms with Crippen LogP contribution < -0.4 is 0 Å². The topological polar surface area (TPSA) is 0 Å². The van der Waals surface area contributed by atoms with Gasteiger partial charge in [-0.15, -0.1) is 0 Å². The highest BCUT2D eigenvalue weighted by molar-refractivity contribution is 5.22. The maximum atomic E-state index is 3.97. The van der Waals surface area contributed by atoms with Gasteiger partial charge in [0.25, 0.3) is 0 Å². The summed E-state index contributed by atoms with van der Waals surface area (Å²) in [6, 6.07) is 0. The van der Waals surface area contributed by atoms with Gasteiger partial charge in [0, 0.05) is 0 Å². The predicted octanol–water partition coefficient (Wildman–Crippen LogP) is 10.1. The summed E-state index contributed by atoms with van der Waals surface area (Å²) in [5.41, 5.74) is 10.7. The highest BCUT2D eigenvalue weighted by Crippen LogP contribution is 2.27. The lowest BCUT2D eigenvalue weighted by molar-refractivity contribution is 0.540. The number of hydrogen-bond donors (Lipinski definition) is 0. The molecule has 0 aliphatic heterocycles.